The molecule has 6 nitrogen and oxygen atoms in total. The quantitative estimate of drug-likeness (QED) is 0.591. The Kier molecular flexibility index (Phi) is 5.66. The molecule has 1 aromatic carbocycles. The standard InChI is InChI=1S/C19H21F2N5O/c1-12(16-8-15(20)3-4-17(16)21)25-18-7-13(9-23-19(18)22)14-10-24-26(11-14)5-2-6-27/h3-4,7-12,25,27H,2,5-6H2,1H3,(H2,22,23). The SMILES string of the molecule is CC(Nc1cc(-c2cnn(CCCO)c2)cnc1N)c1cc(F)ccc1F. The Morgan fingerprint density at radius 1 is 1.22 bits per heavy atom. The van der Waals surface area contributed by atoms with Crippen LogP contribution >= 0.6 is 0 Å². The van der Waals surface area contributed by atoms with Gasteiger partial charge in [0.2, 0.25) is 0 Å². The summed E-state index contributed by atoms with van der Waals surface area (Å²) in [6.45, 7) is 2.43. The molecule has 2 heterocycles. The van der Waals surface area contributed by atoms with Crippen molar-refractivity contribution in [2.24, 2.45) is 0 Å². The topological polar surface area (TPSA) is 89.0 Å². The molecule has 0 fully saturated rings. The summed E-state index contributed by atoms with van der Waals surface area (Å²) in [5.41, 5.74) is 8.29. The summed E-state index contributed by atoms with van der Waals surface area (Å²) in [5.74, 6) is -0.741. The predicted molar refractivity (Wildman–Crippen MR) is 100.0 cm³/mol. The van der Waals surface area contributed by atoms with Crippen molar-refractivity contribution in [3.63, 3.8) is 0 Å². The number of hydrogen-bond acceptors (Lipinski definition) is 5. The number of pyridine rings is 1. The molecule has 1 atom stereocenters. The molecule has 3 aromatic rings. The van der Waals surface area contributed by atoms with Crippen LogP contribution in [0.2, 0.25) is 0 Å². The van der Waals surface area contributed by atoms with Crippen LogP contribution in [0.4, 0.5) is 20.3 Å². The van der Waals surface area contributed by atoms with Crippen LogP contribution in [0.3, 0.4) is 0 Å². The molecule has 0 saturated carbocycles. The van der Waals surface area contributed by atoms with Gasteiger partial charge in [-0.25, -0.2) is 13.8 Å². The molecule has 2 aromatic heterocycles. The van der Waals surface area contributed by atoms with Gasteiger partial charge in [-0.3, -0.25) is 4.68 Å². The first-order valence-electron chi connectivity index (χ1n) is 8.58. The Morgan fingerprint density at radius 3 is 2.81 bits per heavy atom. The minimum atomic E-state index is -0.507. The van der Waals surface area contributed by atoms with E-state index in [1.165, 1.54) is 0 Å². The van der Waals surface area contributed by atoms with Crippen molar-refractivity contribution in [2.75, 3.05) is 17.7 Å². The van der Waals surface area contributed by atoms with Crippen LogP contribution < -0.4 is 11.1 Å². The molecule has 0 aliphatic heterocycles. The number of aromatic nitrogens is 3. The lowest BCUT2D eigenvalue weighted by Crippen LogP contribution is -2.11. The third-order valence-electron chi connectivity index (χ3n) is 4.23. The Morgan fingerprint density at radius 2 is 2.04 bits per heavy atom. The van der Waals surface area contributed by atoms with E-state index in [2.05, 4.69) is 15.4 Å². The lowest BCUT2D eigenvalue weighted by atomic mass is 10.1. The number of nitrogen functional groups attached to an aromatic ring is 1. The smallest absolute Gasteiger partial charge is 0.146 e. The Bertz CT molecular complexity index is 928. The molecule has 1 unspecified atom stereocenters. The highest BCUT2D eigenvalue weighted by Crippen LogP contribution is 2.29. The number of nitrogens with one attached hydrogen (secondary N) is 1. The lowest BCUT2D eigenvalue weighted by molar-refractivity contribution is 0.277. The number of halogens is 2. The van der Waals surface area contributed by atoms with E-state index in [1.807, 2.05) is 6.20 Å². The Balaban J connectivity index is 1.83. The average molecular weight is 373 g/mol. The Labute approximate surface area is 155 Å². The number of hydrogen-bond donors (Lipinski definition) is 3. The van der Waals surface area contributed by atoms with Gasteiger partial charge in [-0.2, -0.15) is 5.10 Å². The third-order valence-corrected chi connectivity index (χ3v) is 4.23. The summed E-state index contributed by atoms with van der Waals surface area (Å²) in [6, 6.07) is 4.63. The molecule has 0 spiro atoms. The second-order valence-electron chi connectivity index (χ2n) is 6.26. The van der Waals surface area contributed by atoms with Gasteiger partial charge in [-0.15, -0.1) is 0 Å². The minimum Gasteiger partial charge on any atom is -0.396 e. The molecule has 0 saturated heterocycles. The van der Waals surface area contributed by atoms with Gasteiger partial charge in [0.25, 0.3) is 0 Å². The molecule has 0 radical (unpaired) electrons. The minimum absolute atomic E-state index is 0.0984. The molecule has 0 amide bonds. The van der Waals surface area contributed by atoms with Crippen molar-refractivity contribution in [3.8, 4) is 11.1 Å². The first-order chi connectivity index (χ1) is 13.0. The molecule has 27 heavy (non-hydrogen) atoms. The van der Waals surface area contributed by atoms with Crippen LogP contribution in [-0.4, -0.2) is 26.5 Å². The summed E-state index contributed by atoms with van der Waals surface area (Å²) in [7, 11) is 0. The highest BCUT2D eigenvalue weighted by molar-refractivity contribution is 5.72. The van der Waals surface area contributed by atoms with E-state index < -0.39 is 17.7 Å². The molecule has 0 bridgehead atoms. The van der Waals surface area contributed by atoms with E-state index in [0.717, 1.165) is 29.3 Å². The number of aliphatic hydroxyl groups excluding tert-OH is 1. The number of rotatable bonds is 7. The van der Waals surface area contributed by atoms with Gasteiger partial charge in [0.15, 0.2) is 0 Å². The molecule has 0 aliphatic rings. The number of aryl methyl sites for hydroxylation is 1. The number of anilines is 2. The number of aliphatic hydroxyl groups is 1. The molecule has 8 heteroatoms. The molecule has 4 N–H and O–H groups in total. The van der Waals surface area contributed by atoms with Gasteiger partial charge in [0.1, 0.15) is 17.5 Å². The van der Waals surface area contributed by atoms with Crippen LogP contribution in [0, 0.1) is 11.6 Å². The molecular formula is C19H21F2N5O. The second-order valence-corrected chi connectivity index (χ2v) is 6.26. The van der Waals surface area contributed by atoms with E-state index in [0.29, 0.717) is 18.7 Å². The maximum Gasteiger partial charge on any atom is 0.146 e. The van der Waals surface area contributed by atoms with Crippen molar-refractivity contribution in [1.29, 1.82) is 0 Å². The summed E-state index contributed by atoms with van der Waals surface area (Å²) in [4.78, 5) is 4.18. The van der Waals surface area contributed by atoms with Gasteiger partial charge >= 0.3 is 0 Å². The van der Waals surface area contributed by atoms with Crippen LogP contribution in [-0.2, 0) is 6.54 Å². The number of nitrogens with two attached hydrogens (primary N) is 1. The van der Waals surface area contributed by atoms with Crippen LogP contribution in [0.5, 0.6) is 0 Å². The van der Waals surface area contributed by atoms with Crippen molar-refractivity contribution in [1.82, 2.24) is 14.8 Å². The Hall–Kier alpha value is -3.00. The van der Waals surface area contributed by atoms with E-state index in [9.17, 15) is 8.78 Å². The van der Waals surface area contributed by atoms with Gasteiger partial charge < -0.3 is 16.2 Å². The molecular weight excluding hydrogens is 352 g/mol. The van der Waals surface area contributed by atoms with E-state index >= 15 is 0 Å². The van der Waals surface area contributed by atoms with Crippen LogP contribution in [0.25, 0.3) is 11.1 Å². The van der Waals surface area contributed by atoms with E-state index in [1.54, 1.807) is 30.1 Å². The second kappa shape index (κ2) is 8.13. The highest BCUT2D eigenvalue weighted by Gasteiger charge is 2.14. The predicted octanol–water partition coefficient (Wildman–Crippen LogP) is 3.36. The van der Waals surface area contributed by atoms with Gasteiger partial charge in [-0.1, -0.05) is 0 Å². The van der Waals surface area contributed by atoms with Crippen molar-refractivity contribution in [3.05, 3.63) is 60.1 Å². The third kappa shape index (κ3) is 4.40. The van der Waals surface area contributed by atoms with Crippen molar-refractivity contribution >= 4 is 11.5 Å². The fourth-order valence-electron chi connectivity index (χ4n) is 2.77. The molecule has 142 valence electrons. The van der Waals surface area contributed by atoms with Gasteiger partial charge in [-0.05, 0) is 37.6 Å². The average Bonchev–Trinajstić information content (AvgIpc) is 3.12. The van der Waals surface area contributed by atoms with Crippen LogP contribution in [0.1, 0.15) is 24.9 Å². The van der Waals surface area contributed by atoms with Gasteiger partial charge in [0.05, 0.1) is 17.9 Å². The highest BCUT2D eigenvalue weighted by atomic mass is 19.1. The summed E-state index contributed by atoms with van der Waals surface area (Å²) < 4.78 is 29.2. The first-order valence-corrected chi connectivity index (χ1v) is 8.58. The number of nitrogens with zero attached hydrogens (tertiary/aromatic N) is 3. The zero-order valence-electron chi connectivity index (χ0n) is 14.9. The summed E-state index contributed by atoms with van der Waals surface area (Å²) >= 11 is 0. The zero-order valence-corrected chi connectivity index (χ0v) is 14.9. The molecule has 0 aliphatic carbocycles. The monoisotopic (exact) mass is 373 g/mol. The molecule has 3 rings (SSSR count). The summed E-state index contributed by atoms with van der Waals surface area (Å²) in [5, 5.41) is 16.2. The van der Waals surface area contributed by atoms with Crippen LogP contribution in [0.15, 0.2) is 42.9 Å². The van der Waals surface area contributed by atoms with Crippen molar-refractivity contribution in [2.45, 2.75) is 25.9 Å². The van der Waals surface area contributed by atoms with E-state index in [-0.39, 0.29) is 18.0 Å². The fourth-order valence-corrected chi connectivity index (χ4v) is 2.77. The first kappa shape index (κ1) is 18.8. The zero-order chi connectivity index (χ0) is 19.4. The normalized spacial score (nSPS) is 12.1. The van der Waals surface area contributed by atoms with E-state index in [4.69, 9.17) is 10.8 Å². The summed E-state index contributed by atoms with van der Waals surface area (Å²) in [6.07, 6.45) is 5.79. The maximum absolute atomic E-state index is 14.0. The van der Waals surface area contributed by atoms with Crippen molar-refractivity contribution < 1.29 is 13.9 Å². The number of benzene rings is 1. The largest absolute Gasteiger partial charge is 0.396 e. The maximum atomic E-state index is 14.0. The lowest BCUT2D eigenvalue weighted by Gasteiger charge is -2.18. The fraction of sp³-hybridized carbons (Fsp3) is 0.263. The van der Waals surface area contributed by atoms with Gasteiger partial charge in [0, 0.05) is 42.2 Å².